The molecule has 6 heteroatoms. The molecule has 24 rings (SSSR count). The summed E-state index contributed by atoms with van der Waals surface area (Å²) in [4.78, 5) is 0. The Labute approximate surface area is 656 Å². The van der Waals surface area contributed by atoms with E-state index in [1.165, 1.54) is 186 Å². The highest BCUT2D eigenvalue weighted by molar-refractivity contribution is 6.17. The molecule has 6 nitrogen and oxygen atoms in total. The average Bonchev–Trinajstić information content (AvgIpc) is 1.59. The highest BCUT2D eigenvalue weighted by Crippen LogP contribution is 2.45. The summed E-state index contributed by atoms with van der Waals surface area (Å²) < 4.78 is 14.5. The summed E-state index contributed by atoms with van der Waals surface area (Å²) in [7, 11) is 0. The van der Waals surface area contributed by atoms with Gasteiger partial charge in [-0.2, -0.15) is 0 Å². The Morgan fingerprint density at radius 2 is 0.281 bits per heavy atom. The second-order valence-electron chi connectivity index (χ2n) is 30.4. The van der Waals surface area contributed by atoms with Gasteiger partial charge in [-0.3, -0.25) is 0 Å². The lowest BCUT2D eigenvalue weighted by atomic mass is 9.98. The first-order valence-electron chi connectivity index (χ1n) is 39.3. The summed E-state index contributed by atoms with van der Waals surface area (Å²) in [6.45, 7) is 0. The van der Waals surface area contributed by atoms with Crippen molar-refractivity contribution in [2.75, 3.05) is 0 Å². The molecule has 0 unspecified atom stereocenters. The minimum absolute atomic E-state index is 1.12. The zero-order valence-corrected chi connectivity index (χ0v) is 61.9. The van der Waals surface area contributed by atoms with Gasteiger partial charge in [0.15, 0.2) is 0 Å². The van der Waals surface area contributed by atoms with E-state index in [2.05, 4.69) is 440 Å². The Morgan fingerprint density at radius 3 is 0.596 bits per heavy atom. The minimum Gasteiger partial charge on any atom is -0.309 e. The molecule has 0 atom stereocenters. The first kappa shape index (κ1) is 63.7. The maximum atomic E-state index is 2.44. The number of benzene rings is 18. The molecule has 0 saturated carbocycles. The van der Waals surface area contributed by atoms with E-state index in [-0.39, 0.29) is 0 Å². The fraction of sp³-hybridized carbons (Fsp3) is 0. The maximum absolute atomic E-state index is 2.44. The van der Waals surface area contributed by atoms with Gasteiger partial charge in [-0.1, -0.05) is 237 Å². The van der Waals surface area contributed by atoms with E-state index < -0.39 is 0 Å². The standard InChI is InChI=1S/C108H68N6/c1-3-21-79(22-4-1)109-97-32-13-7-27-86(97)94-66-77(49-59-103(94)109)78-50-60-106-95(67-78)89-30-10-17-36-101(89)113(106)83-25-19-20-73(62-83)76-48-58-105-93(65-76)87-28-9-15-34-99(87)112(105)82-53-44-70(45-54-82)69-42-51-81(52-43-69)111-98-33-14-8-26-85(98)91-63-74(46-56-104(91)111)71-38-40-72(41-39-71)75-47-57-107-92(64-75)88-29-11-18-37-102(88)114(107)84-55-61-108-96(68-84)90-31-12-16-35-100(90)110(108)80-23-5-2-6-24-80/h1-68H. The van der Waals surface area contributed by atoms with Crippen LogP contribution in [0.3, 0.4) is 0 Å². The second-order valence-corrected chi connectivity index (χ2v) is 30.4. The Kier molecular flexibility index (Phi) is 14.0. The molecule has 0 aliphatic carbocycles. The third-order valence-corrected chi connectivity index (χ3v) is 24.2. The summed E-state index contributed by atoms with van der Waals surface area (Å²) in [5.41, 5.74) is 32.9. The van der Waals surface area contributed by atoms with E-state index in [4.69, 9.17) is 0 Å². The number of nitrogens with zero attached hydrogens (tertiary/aromatic N) is 6. The van der Waals surface area contributed by atoms with Crippen LogP contribution in [-0.2, 0) is 0 Å². The lowest BCUT2D eigenvalue weighted by molar-refractivity contribution is 1.17. The van der Waals surface area contributed by atoms with Crippen molar-refractivity contribution in [3.05, 3.63) is 413 Å². The Bertz CT molecular complexity index is 8060. The van der Waals surface area contributed by atoms with Crippen LogP contribution in [0.4, 0.5) is 0 Å². The second kappa shape index (κ2) is 25.2. The van der Waals surface area contributed by atoms with E-state index >= 15 is 0 Å². The summed E-state index contributed by atoms with van der Waals surface area (Å²) in [5.74, 6) is 0. The minimum atomic E-state index is 1.12. The van der Waals surface area contributed by atoms with Crippen molar-refractivity contribution < 1.29 is 0 Å². The zero-order valence-electron chi connectivity index (χ0n) is 61.9. The molecule has 24 aromatic rings. The van der Waals surface area contributed by atoms with Crippen LogP contribution in [0.2, 0.25) is 0 Å². The average molecular weight is 1450 g/mol. The summed E-state index contributed by atoms with van der Waals surface area (Å²) >= 11 is 0. The Morgan fingerprint density at radius 1 is 0.0965 bits per heavy atom. The highest BCUT2D eigenvalue weighted by Gasteiger charge is 2.23. The SMILES string of the molecule is c1ccc(-n2c3ccccc3c3cc(-c4ccc5c(c4)c4ccccc4n5-c4cccc(-c5ccc6c(c5)c5ccccc5n6-c5ccc(-c6ccc(-n7c8ccccc8c8cc(-c9ccc(-c%10ccc%11c(c%10)c%10ccccc%10n%11-c%10ccc%11c(c%10)c%10ccccc%10n%11-c%10ccccc%10)cc9)ccc87)cc6)cc5)c4)ccc32)cc1. The molecule has 0 amide bonds. The van der Waals surface area contributed by atoms with E-state index in [1.54, 1.807) is 0 Å². The van der Waals surface area contributed by atoms with Crippen molar-refractivity contribution in [3.8, 4) is 89.8 Å². The molecule has 530 valence electrons. The zero-order chi connectivity index (χ0) is 74.6. The van der Waals surface area contributed by atoms with Crippen molar-refractivity contribution in [2.24, 2.45) is 0 Å². The van der Waals surface area contributed by atoms with Crippen molar-refractivity contribution in [1.29, 1.82) is 0 Å². The molecular formula is C108H68N6. The Balaban J connectivity index is 0.503. The third kappa shape index (κ3) is 9.81. The van der Waals surface area contributed by atoms with Gasteiger partial charge in [-0.15, -0.1) is 0 Å². The van der Waals surface area contributed by atoms with E-state index in [0.29, 0.717) is 0 Å². The molecule has 114 heavy (non-hydrogen) atoms. The molecule has 0 radical (unpaired) electrons. The molecule has 0 N–H and O–H groups in total. The normalized spacial score (nSPS) is 12.0. The number of hydrogen-bond donors (Lipinski definition) is 0. The highest BCUT2D eigenvalue weighted by atomic mass is 15.0. The van der Waals surface area contributed by atoms with Crippen molar-refractivity contribution in [3.63, 3.8) is 0 Å². The largest absolute Gasteiger partial charge is 0.309 e. The van der Waals surface area contributed by atoms with Gasteiger partial charge in [0.2, 0.25) is 0 Å². The van der Waals surface area contributed by atoms with Gasteiger partial charge in [0, 0.05) is 98.8 Å². The lowest BCUT2D eigenvalue weighted by Gasteiger charge is -2.12. The van der Waals surface area contributed by atoms with Crippen LogP contribution in [0.1, 0.15) is 0 Å². The van der Waals surface area contributed by atoms with Gasteiger partial charge in [0.25, 0.3) is 0 Å². The van der Waals surface area contributed by atoms with Crippen LogP contribution >= 0.6 is 0 Å². The van der Waals surface area contributed by atoms with Crippen LogP contribution in [0.15, 0.2) is 413 Å². The van der Waals surface area contributed by atoms with Gasteiger partial charge in [0.1, 0.15) is 0 Å². The van der Waals surface area contributed by atoms with Crippen LogP contribution in [0.5, 0.6) is 0 Å². The summed E-state index contributed by atoms with van der Waals surface area (Å²) in [5, 5.41) is 14.8. The van der Waals surface area contributed by atoms with Crippen LogP contribution < -0.4 is 0 Å². The molecule has 0 aliphatic heterocycles. The summed E-state index contributed by atoms with van der Waals surface area (Å²) in [6.07, 6.45) is 0. The van der Waals surface area contributed by atoms with Crippen LogP contribution in [-0.4, -0.2) is 27.4 Å². The molecule has 0 bridgehead atoms. The Hall–Kier alpha value is -15.2. The maximum Gasteiger partial charge on any atom is 0.0542 e. The number of hydrogen-bond acceptors (Lipinski definition) is 0. The first-order valence-corrected chi connectivity index (χ1v) is 39.3. The number of rotatable bonds is 11. The summed E-state index contributed by atoms with van der Waals surface area (Å²) in [6, 6.07) is 152. The fourth-order valence-electron chi connectivity index (χ4n) is 19.0. The predicted octanol–water partition coefficient (Wildman–Crippen LogP) is 28.6. The topological polar surface area (TPSA) is 29.6 Å². The molecule has 0 fully saturated rings. The van der Waals surface area contributed by atoms with Gasteiger partial charge >= 0.3 is 0 Å². The quantitative estimate of drug-likeness (QED) is 0.124. The van der Waals surface area contributed by atoms with E-state index in [1.807, 2.05) is 0 Å². The first-order chi connectivity index (χ1) is 56.5. The molecule has 6 aromatic heterocycles. The smallest absolute Gasteiger partial charge is 0.0542 e. The number of aromatic nitrogens is 6. The number of para-hydroxylation sites is 8. The van der Waals surface area contributed by atoms with Crippen LogP contribution in [0, 0.1) is 0 Å². The van der Waals surface area contributed by atoms with Crippen LogP contribution in [0.25, 0.3) is 221 Å². The molecule has 0 aliphatic rings. The van der Waals surface area contributed by atoms with E-state index in [0.717, 1.165) is 34.1 Å². The molecular weight excluding hydrogens is 1380 g/mol. The van der Waals surface area contributed by atoms with Crippen molar-refractivity contribution >= 4 is 131 Å². The predicted molar refractivity (Wildman–Crippen MR) is 480 cm³/mol. The third-order valence-electron chi connectivity index (χ3n) is 24.2. The molecule has 6 heterocycles. The van der Waals surface area contributed by atoms with E-state index in [9.17, 15) is 0 Å². The fourth-order valence-corrected chi connectivity index (χ4v) is 19.0. The van der Waals surface area contributed by atoms with Gasteiger partial charge < -0.3 is 27.4 Å². The van der Waals surface area contributed by atoms with Crippen molar-refractivity contribution in [2.45, 2.75) is 0 Å². The monoisotopic (exact) mass is 1450 g/mol. The molecule has 0 saturated heterocycles. The van der Waals surface area contributed by atoms with Gasteiger partial charge in [0.05, 0.1) is 66.2 Å². The van der Waals surface area contributed by atoms with Gasteiger partial charge in [-0.05, 0) is 232 Å². The molecule has 0 spiro atoms. The number of fused-ring (bicyclic) bond motifs is 18. The van der Waals surface area contributed by atoms with Crippen molar-refractivity contribution in [1.82, 2.24) is 27.4 Å². The van der Waals surface area contributed by atoms with Gasteiger partial charge in [-0.25, -0.2) is 0 Å². The molecule has 18 aromatic carbocycles. The lowest BCUT2D eigenvalue weighted by Crippen LogP contribution is -1.95.